The summed E-state index contributed by atoms with van der Waals surface area (Å²) in [7, 11) is 3.17. The molecular weight excluding hydrogens is 385 g/mol. The van der Waals surface area contributed by atoms with Crippen LogP contribution in [0.3, 0.4) is 0 Å². The molecule has 1 heterocycles. The van der Waals surface area contributed by atoms with Gasteiger partial charge in [-0.25, -0.2) is 4.39 Å². The van der Waals surface area contributed by atoms with Crippen LogP contribution in [0.1, 0.15) is 42.9 Å². The first-order valence-electron chi connectivity index (χ1n) is 10.6. The average Bonchev–Trinajstić information content (AvgIpc) is 2.78. The third-order valence-corrected chi connectivity index (χ3v) is 5.62. The van der Waals surface area contributed by atoms with Crippen molar-refractivity contribution in [1.29, 1.82) is 0 Å². The second-order valence-electron chi connectivity index (χ2n) is 7.64. The summed E-state index contributed by atoms with van der Waals surface area (Å²) in [5.74, 6) is 1.40. The van der Waals surface area contributed by atoms with E-state index in [9.17, 15) is 9.50 Å². The van der Waals surface area contributed by atoms with Crippen molar-refractivity contribution in [1.82, 2.24) is 4.90 Å². The first-order chi connectivity index (χ1) is 14.6. The standard InChI is InChI=1S/C24H32FNO4/c1-28-21-12-13-22(29-2)24(30-17-16-26-14-4-3-5-15-26)23(21)20(27)11-8-18-6-9-19(25)10-7-18/h6-7,9-10,12-13,20,27H,3-5,8,11,14-17H2,1-2H3. The maximum atomic E-state index is 13.1. The molecule has 3 rings (SSSR count). The maximum Gasteiger partial charge on any atom is 0.170 e. The number of likely N-dealkylation sites (tertiary alicyclic amines) is 1. The Hall–Kier alpha value is -2.31. The number of aliphatic hydroxyl groups is 1. The fourth-order valence-electron chi connectivity index (χ4n) is 3.92. The maximum absolute atomic E-state index is 13.1. The summed E-state index contributed by atoms with van der Waals surface area (Å²) in [4.78, 5) is 2.40. The molecule has 2 aromatic carbocycles. The Morgan fingerprint density at radius 3 is 2.30 bits per heavy atom. The van der Waals surface area contributed by atoms with Gasteiger partial charge in [-0.05, 0) is 68.6 Å². The summed E-state index contributed by atoms with van der Waals surface area (Å²) in [5, 5.41) is 11.0. The molecule has 164 valence electrons. The van der Waals surface area contributed by atoms with Gasteiger partial charge in [-0.3, -0.25) is 4.90 Å². The van der Waals surface area contributed by atoms with E-state index in [1.165, 1.54) is 31.4 Å². The summed E-state index contributed by atoms with van der Waals surface area (Å²) in [6.45, 7) is 3.56. The van der Waals surface area contributed by atoms with E-state index in [-0.39, 0.29) is 5.82 Å². The van der Waals surface area contributed by atoms with Crippen molar-refractivity contribution < 1.29 is 23.7 Å². The van der Waals surface area contributed by atoms with E-state index in [2.05, 4.69) is 4.90 Å². The number of hydrogen-bond donors (Lipinski definition) is 1. The van der Waals surface area contributed by atoms with E-state index in [1.807, 2.05) is 0 Å². The molecule has 0 aliphatic carbocycles. The van der Waals surface area contributed by atoms with Gasteiger partial charge in [0.1, 0.15) is 18.2 Å². The second-order valence-corrected chi connectivity index (χ2v) is 7.64. The predicted molar refractivity (Wildman–Crippen MR) is 115 cm³/mol. The predicted octanol–water partition coefficient (Wildman–Crippen LogP) is 4.37. The van der Waals surface area contributed by atoms with E-state index in [1.54, 1.807) is 38.5 Å². The molecule has 6 heteroatoms. The van der Waals surface area contributed by atoms with Crippen LogP contribution < -0.4 is 14.2 Å². The highest BCUT2D eigenvalue weighted by Crippen LogP contribution is 2.42. The minimum absolute atomic E-state index is 0.266. The van der Waals surface area contributed by atoms with Crippen LogP contribution in [0, 0.1) is 5.82 Å². The van der Waals surface area contributed by atoms with Crippen LogP contribution in [0.25, 0.3) is 0 Å². The lowest BCUT2D eigenvalue weighted by Gasteiger charge is -2.27. The molecule has 5 nitrogen and oxygen atoms in total. The van der Waals surface area contributed by atoms with Gasteiger partial charge in [-0.2, -0.15) is 0 Å². The second kappa shape index (κ2) is 11.2. The van der Waals surface area contributed by atoms with E-state index in [4.69, 9.17) is 14.2 Å². The molecule has 1 N–H and O–H groups in total. The Labute approximate surface area is 178 Å². The van der Waals surface area contributed by atoms with Crippen LogP contribution in [-0.4, -0.2) is 50.5 Å². The van der Waals surface area contributed by atoms with Crippen molar-refractivity contribution in [2.45, 2.75) is 38.2 Å². The molecule has 1 fully saturated rings. The number of methoxy groups -OCH3 is 2. The molecule has 0 aromatic heterocycles. The van der Waals surface area contributed by atoms with Gasteiger partial charge in [0.25, 0.3) is 0 Å². The lowest BCUT2D eigenvalue weighted by molar-refractivity contribution is 0.149. The van der Waals surface area contributed by atoms with Crippen LogP contribution in [0.15, 0.2) is 36.4 Å². The normalized spacial score (nSPS) is 15.6. The van der Waals surface area contributed by atoms with E-state index in [0.717, 1.165) is 25.2 Å². The summed E-state index contributed by atoms with van der Waals surface area (Å²) in [6.07, 6.45) is 4.02. The number of nitrogens with zero attached hydrogens (tertiary/aromatic N) is 1. The smallest absolute Gasteiger partial charge is 0.170 e. The van der Waals surface area contributed by atoms with Gasteiger partial charge in [0.2, 0.25) is 0 Å². The highest BCUT2D eigenvalue weighted by molar-refractivity contribution is 5.55. The molecule has 0 saturated carbocycles. The minimum atomic E-state index is -0.801. The van der Waals surface area contributed by atoms with Crippen molar-refractivity contribution in [3.05, 3.63) is 53.3 Å². The molecule has 1 unspecified atom stereocenters. The Bertz CT molecular complexity index is 791. The Morgan fingerprint density at radius 2 is 1.63 bits per heavy atom. The topological polar surface area (TPSA) is 51.2 Å². The van der Waals surface area contributed by atoms with E-state index < -0.39 is 6.10 Å². The molecule has 2 aromatic rings. The first-order valence-corrected chi connectivity index (χ1v) is 10.6. The number of piperidine rings is 1. The fourth-order valence-corrected chi connectivity index (χ4v) is 3.92. The molecule has 0 bridgehead atoms. The molecule has 30 heavy (non-hydrogen) atoms. The van der Waals surface area contributed by atoms with E-state index in [0.29, 0.717) is 42.3 Å². The lowest BCUT2D eigenvalue weighted by atomic mass is 9.99. The summed E-state index contributed by atoms with van der Waals surface area (Å²) < 4.78 is 30.3. The van der Waals surface area contributed by atoms with Crippen molar-refractivity contribution in [2.24, 2.45) is 0 Å². The zero-order valence-electron chi connectivity index (χ0n) is 17.9. The highest BCUT2D eigenvalue weighted by atomic mass is 19.1. The zero-order valence-corrected chi connectivity index (χ0v) is 17.9. The van der Waals surface area contributed by atoms with Gasteiger partial charge in [0, 0.05) is 6.54 Å². The Kier molecular flexibility index (Phi) is 8.34. The van der Waals surface area contributed by atoms with Crippen molar-refractivity contribution in [3.63, 3.8) is 0 Å². The fraction of sp³-hybridized carbons (Fsp3) is 0.500. The number of benzene rings is 2. The van der Waals surface area contributed by atoms with Gasteiger partial charge in [-0.15, -0.1) is 0 Å². The third-order valence-electron chi connectivity index (χ3n) is 5.62. The Morgan fingerprint density at radius 1 is 0.967 bits per heavy atom. The summed E-state index contributed by atoms with van der Waals surface area (Å²) in [5.41, 5.74) is 1.56. The molecule has 1 saturated heterocycles. The molecule has 1 aliphatic heterocycles. The van der Waals surface area contributed by atoms with Gasteiger partial charge in [0.05, 0.1) is 25.9 Å². The van der Waals surface area contributed by atoms with Crippen molar-refractivity contribution in [2.75, 3.05) is 40.5 Å². The monoisotopic (exact) mass is 417 g/mol. The van der Waals surface area contributed by atoms with Gasteiger partial charge < -0.3 is 19.3 Å². The Balaban J connectivity index is 1.73. The molecule has 1 atom stereocenters. The number of rotatable bonds is 10. The third kappa shape index (κ3) is 5.86. The van der Waals surface area contributed by atoms with Crippen molar-refractivity contribution in [3.8, 4) is 17.2 Å². The highest BCUT2D eigenvalue weighted by Gasteiger charge is 2.23. The van der Waals surface area contributed by atoms with Crippen LogP contribution in [-0.2, 0) is 6.42 Å². The summed E-state index contributed by atoms with van der Waals surface area (Å²) >= 11 is 0. The number of halogens is 1. The van der Waals surface area contributed by atoms with Gasteiger partial charge in [0.15, 0.2) is 11.5 Å². The average molecular weight is 418 g/mol. The number of ether oxygens (including phenoxy) is 3. The van der Waals surface area contributed by atoms with Crippen LogP contribution in [0.2, 0.25) is 0 Å². The quantitative estimate of drug-likeness (QED) is 0.622. The minimum Gasteiger partial charge on any atom is -0.496 e. The largest absolute Gasteiger partial charge is 0.496 e. The molecule has 0 radical (unpaired) electrons. The molecular formula is C24H32FNO4. The first kappa shape index (κ1) is 22.4. The molecule has 0 spiro atoms. The van der Waals surface area contributed by atoms with Gasteiger partial charge >= 0.3 is 0 Å². The van der Waals surface area contributed by atoms with Crippen LogP contribution in [0.5, 0.6) is 17.2 Å². The van der Waals surface area contributed by atoms with Crippen LogP contribution >= 0.6 is 0 Å². The van der Waals surface area contributed by atoms with Gasteiger partial charge in [-0.1, -0.05) is 18.6 Å². The van der Waals surface area contributed by atoms with E-state index >= 15 is 0 Å². The van der Waals surface area contributed by atoms with Crippen molar-refractivity contribution >= 4 is 0 Å². The number of aliphatic hydroxyl groups excluding tert-OH is 1. The number of hydrogen-bond acceptors (Lipinski definition) is 5. The summed E-state index contributed by atoms with van der Waals surface area (Å²) in [6, 6.07) is 9.92. The zero-order chi connectivity index (χ0) is 21.3. The SMILES string of the molecule is COc1ccc(OC)c(C(O)CCc2ccc(F)cc2)c1OCCN1CCCCC1. The molecule has 1 aliphatic rings. The molecule has 0 amide bonds. The lowest BCUT2D eigenvalue weighted by Crippen LogP contribution is -2.33. The number of aryl methyl sites for hydroxylation is 1. The van der Waals surface area contributed by atoms with Crippen LogP contribution in [0.4, 0.5) is 4.39 Å².